The van der Waals surface area contributed by atoms with E-state index in [0.29, 0.717) is 18.3 Å². The molecule has 7 nitrogen and oxygen atoms in total. The lowest BCUT2D eigenvalue weighted by atomic mass is 10.3. The lowest BCUT2D eigenvalue weighted by molar-refractivity contribution is 0.391. The first-order valence-electron chi connectivity index (χ1n) is 5.16. The summed E-state index contributed by atoms with van der Waals surface area (Å²) in [6.45, 7) is 4.26. The van der Waals surface area contributed by atoms with Crippen LogP contribution >= 0.6 is 0 Å². The van der Waals surface area contributed by atoms with Gasteiger partial charge >= 0.3 is 0 Å². The number of rotatable bonds is 4. The standard InChI is InChI=1S/C10H14N6O/c1-6-3-9(14-10(13-6)15-11)12-5-8-4-7(2)17-16-8/h3-4H,5,11H2,1-2H3,(H2,12,13,14,15). The molecule has 2 heterocycles. The van der Waals surface area contributed by atoms with E-state index in [1.54, 1.807) is 0 Å². The van der Waals surface area contributed by atoms with Crippen LogP contribution in [0.2, 0.25) is 0 Å². The number of anilines is 2. The van der Waals surface area contributed by atoms with Gasteiger partial charge in [-0.3, -0.25) is 5.43 Å². The average Bonchev–Trinajstić information content (AvgIpc) is 2.72. The Bertz CT molecular complexity index is 509. The molecule has 0 radical (unpaired) electrons. The zero-order chi connectivity index (χ0) is 12.3. The van der Waals surface area contributed by atoms with Crippen LogP contribution in [0.4, 0.5) is 11.8 Å². The minimum absolute atomic E-state index is 0.379. The normalized spacial score (nSPS) is 10.3. The largest absolute Gasteiger partial charge is 0.364 e. The fourth-order valence-corrected chi connectivity index (χ4v) is 1.41. The van der Waals surface area contributed by atoms with Gasteiger partial charge in [0.2, 0.25) is 5.95 Å². The number of nitrogens with two attached hydrogens (primary N) is 1. The van der Waals surface area contributed by atoms with Crippen molar-refractivity contribution in [3.8, 4) is 0 Å². The van der Waals surface area contributed by atoms with Crippen LogP contribution in [0.1, 0.15) is 17.1 Å². The Balaban J connectivity index is 2.05. The SMILES string of the molecule is Cc1cc(NCc2cc(C)on2)nc(NN)n1. The quantitative estimate of drug-likeness (QED) is 0.535. The Kier molecular flexibility index (Phi) is 3.20. The average molecular weight is 234 g/mol. The fourth-order valence-electron chi connectivity index (χ4n) is 1.41. The molecule has 0 fully saturated rings. The number of nitrogen functional groups attached to an aromatic ring is 1. The second-order valence-corrected chi connectivity index (χ2v) is 3.64. The number of hydrogen-bond acceptors (Lipinski definition) is 7. The summed E-state index contributed by atoms with van der Waals surface area (Å²) >= 11 is 0. The molecule has 2 rings (SSSR count). The van der Waals surface area contributed by atoms with Gasteiger partial charge in [-0.05, 0) is 13.8 Å². The van der Waals surface area contributed by atoms with Crippen molar-refractivity contribution in [3.05, 3.63) is 29.3 Å². The van der Waals surface area contributed by atoms with Crippen LogP contribution in [0, 0.1) is 13.8 Å². The van der Waals surface area contributed by atoms with Crippen LogP contribution in [-0.2, 0) is 6.54 Å². The molecule has 0 spiro atoms. The minimum Gasteiger partial charge on any atom is -0.364 e. The number of nitrogens with zero attached hydrogens (tertiary/aromatic N) is 3. The molecule has 2 aromatic rings. The number of aryl methyl sites for hydroxylation is 2. The first-order chi connectivity index (χ1) is 8.17. The predicted molar refractivity (Wildman–Crippen MR) is 63.1 cm³/mol. The molecule has 0 saturated heterocycles. The Labute approximate surface area is 98.4 Å². The van der Waals surface area contributed by atoms with Crippen LogP contribution in [0.15, 0.2) is 16.7 Å². The van der Waals surface area contributed by atoms with Crippen LogP contribution in [0.3, 0.4) is 0 Å². The molecule has 2 aromatic heterocycles. The zero-order valence-electron chi connectivity index (χ0n) is 9.69. The Hall–Kier alpha value is -2.15. The Morgan fingerprint density at radius 3 is 2.76 bits per heavy atom. The van der Waals surface area contributed by atoms with E-state index in [1.807, 2.05) is 26.0 Å². The molecular weight excluding hydrogens is 220 g/mol. The highest BCUT2D eigenvalue weighted by atomic mass is 16.5. The van der Waals surface area contributed by atoms with Crippen molar-refractivity contribution in [2.45, 2.75) is 20.4 Å². The van der Waals surface area contributed by atoms with Gasteiger partial charge in [0, 0.05) is 17.8 Å². The summed E-state index contributed by atoms with van der Waals surface area (Å²) in [6.07, 6.45) is 0. The summed E-state index contributed by atoms with van der Waals surface area (Å²) in [5.41, 5.74) is 4.06. The Morgan fingerprint density at radius 2 is 2.12 bits per heavy atom. The van der Waals surface area contributed by atoms with Crippen molar-refractivity contribution in [2.75, 3.05) is 10.7 Å². The van der Waals surface area contributed by atoms with Crippen LogP contribution in [0.5, 0.6) is 0 Å². The van der Waals surface area contributed by atoms with Gasteiger partial charge < -0.3 is 9.84 Å². The van der Waals surface area contributed by atoms with Gasteiger partial charge in [-0.15, -0.1) is 0 Å². The highest BCUT2D eigenvalue weighted by molar-refractivity contribution is 5.41. The summed E-state index contributed by atoms with van der Waals surface area (Å²) in [4.78, 5) is 8.25. The number of aromatic nitrogens is 3. The monoisotopic (exact) mass is 234 g/mol. The molecule has 0 bridgehead atoms. The van der Waals surface area contributed by atoms with Gasteiger partial charge in [-0.25, -0.2) is 10.8 Å². The van der Waals surface area contributed by atoms with Crippen LogP contribution in [0.25, 0.3) is 0 Å². The second kappa shape index (κ2) is 4.79. The van der Waals surface area contributed by atoms with E-state index in [4.69, 9.17) is 10.4 Å². The van der Waals surface area contributed by atoms with Crippen molar-refractivity contribution in [2.24, 2.45) is 5.84 Å². The van der Waals surface area contributed by atoms with Crippen molar-refractivity contribution >= 4 is 11.8 Å². The molecule has 7 heteroatoms. The molecule has 0 saturated carbocycles. The van der Waals surface area contributed by atoms with Gasteiger partial charge in [-0.2, -0.15) is 4.98 Å². The van der Waals surface area contributed by atoms with Crippen molar-refractivity contribution in [3.63, 3.8) is 0 Å². The summed E-state index contributed by atoms with van der Waals surface area (Å²) in [6, 6.07) is 3.69. The van der Waals surface area contributed by atoms with Crippen LogP contribution in [-0.4, -0.2) is 15.1 Å². The maximum Gasteiger partial charge on any atom is 0.239 e. The minimum atomic E-state index is 0.379. The van der Waals surface area contributed by atoms with E-state index in [-0.39, 0.29) is 0 Å². The van der Waals surface area contributed by atoms with E-state index < -0.39 is 0 Å². The van der Waals surface area contributed by atoms with Crippen molar-refractivity contribution in [1.29, 1.82) is 0 Å². The second-order valence-electron chi connectivity index (χ2n) is 3.64. The molecule has 0 aromatic carbocycles. The van der Waals surface area contributed by atoms with E-state index >= 15 is 0 Å². The summed E-state index contributed by atoms with van der Waals surface area (Å²) < 4.78 is 4.97. The van der Waals surface area contributed by atoms with Gasteiger partial charge in [0.25, 0.3) is 0 Å². The smallest absolute Gasteiger partial charge is 0.239 e. The molecule has 4 N–H and O–H groups in total. The third-order valence-corrected chi connectivity index (χ3v) is 2.11. The van der Waals surface area contributed by atoms with Gasteiger partial charge in [-0.1, -0.05) is 5.16 Å². The van der Waals surface area contributed by atoms with Crippen molar-refractivity contribution < 1.29 is 4.52 Å². The lowest BCUT2D eigenvalue weighted by Gasteiger charge is -2.06. The summed E-state index contributed by atoms with van der Waals surface area (Å²) in [7, 11) is 0. The van der Waals surface area contributed by atoms with Gasteiger partial charge in [0.15, 0.2) is 0 Å². The molecule has 0 unspecified atom stereocenters. The maximum absolute atomic E-state index is 5.27. The molecular formula is C10H14N6O. The molecule has 0 atom stereocenters. The Morgan fingerprint density at radius 1 is 1.29 bits per heavy atom. The third kappa shape index (κ3) is 2.91. The summed E-state index contributed by atoms with van der Waals surface area (Å²) in [5.74, 6) is 7.12. The highest BCUT2D eigenvalue weighted by Gasteiger charge is 2.03. The highest BCUT2D eigenvalue weighted by Crippen LogP contribution is 2.10. The molecule has 17 heavy (non-hydrogen) atoms. The van der Waals surface area contributed by atoms with Gasteiger partial charge in [0.05, 0.1) is 6.54 Å². The first kappa shape index (κ1) is 11.3. The topological polar surface area (TPSA) is 102 Å². The van der Waals surface area contributed by atoms with E-state index in [2.05, 4.69) is 25.9 Å². The van der Waals surface area contributed by atoms with Gasteiger partial charge in [0.1, 0.15) is 17.3 Å². The predicted octanol–water partition coefficient (Wildman–Crippen LogP) is 0.979. The third-order valence-electron chi connectivity index (χ3n) is 2.11. The summed E-state index contributed by atoms with van der Waals surface area (Å²) in [5, 5.41) is 7.00. The number of hydrogen-bond donors (Lipinski definition) is 3. The maximum atomic E-state index is 5.27. The molecule has 0 amide bonds. The van der Waals surface area contributed by atoms with E-state index in [9.17, 15) is 0 Å². The number of nitrogens with one attached hydrogen (secondary N) is 2. The number of hydrazine groups is 1. The zero-order valence-corrected chi connectivity index (χ0v) is 9.69. The van der Waals surface area contributed by atoms with E-state index in [1.165, 1.54) is 0 Å². The first-order valence-corrected chi connectivity index (χ1v) is 5.16. The molecule has 0 aliphatic heterocycles. The van der Waals surface area contributed by atoms with Crippen molar-refractivity contribution in [1.82, 2.24) is 15.1 Å². The molecule has 0 aliphatic carbocycles. The van der Waals surface area contributed by atoms with E-state index in [0.717, 1.165) is 17.1 Å². The lowest BCUT2D eigenvalue weighted by Crippen LogP contribution is -2.12. The molecule has 0 aliphatic rings. The molecule has 90 valence electrons. The fraction of sp³-hybridized carbons (Fsp3) is 0.300. The van der Waals surface area contributed by atoms with Crippen LogP contribution < -0.4 is 16.6 Å².